The van der Waals surface area contributed by atoms with Crippen molar-refractivity contribution in [3.63, 3.8) is 0 Å². The molecule has 0 unspecified atom stereocenters. The summed E-state index contributed by atoms with van der Waals surface area (Å²) in [4.78, 5) is 28.9. The monoisotopic (exact) mass is 492 g/mol. The minimum atomic E-state index is -0.237. The average Bonchev–Trinajstić information content (AvgIpc) is 3.21. The lowest BCUT2D eigenvalue weighted by Gasteiger charge is -2.24. The van der Waals surface area contributed by atoms with E-state index in [1.807, 2.05) is 81.4 Å². The van der Waals surface area contributed by atoms with Crippen LogP contribution in [-0.4, -0.2) is 45.3 Å². The molecule has 0 radical (unpaired) electrons. The van der Waals surface area contributed by atoms with Crippen LogP contribution in [0.2, 0.25) is 0 Å². The van der Waals surface area contributed by atoms with Crippen molar-refractivity contribution in [1.29, 1.82) is 0 Å². The van der Waals surface area contributed by atoms with Gasteiger partial charge in [-0.15, -0.1) is 11.8 Å². The zero-order valence-corrected chi connectivity index (χ0v) is 22.4. The summed E-state index contributed by atoms with van der Waals surface area (Å²) in [5.41, 5.74) is 2.67. The molecule has 0 aliphatic carbocycles. The van der Waals surface area contributed by atoms with E-state index in [1.54, 1.807) is 9.58 Å². The van der Waals surface area contributed by atoms with Gasteiger partial charge in [-0.1, -0.05) is 71.0 Å². The fourth-order valence-corrected chi connectivity index (χ4v) is 4.45. The van der Waals surface area contributed by atoms with Crippen LogP contribution in [0.15, 0.2) is 65.6 Å². The summed E-state index contributed by atoms with van der Waals surface area (Å²) in [6.45, 7) is 12.9. The number of thioether (sulfide) groups is 1. The maximum Gasteiger partial charge on any atom is 0.245 e. The number of nitrogens with zero attached hydrogens (tertiary/aromatic N) is 3. The third kappa shape index (κ3) is 7.46. The molecule has 1 aromatic heterocycles. The highest BCUT2D eigenvalue weighted by Gasteiger charge is 2.24. The number of anilines is 1. The fraction of sp³-hybridized carbons (Fsp3) is 0.393. The summed E-state index contributed by atoms with van der Waals surface area (Å²) in [6, 6.07) is 19.7. The van der Waals surface area contributed by atoms with E-state index in [0.717, 1.165) is 21.8 Å². The molecule has 0 aliphatic rings. The lowest BCUT2D eigenvalue weighted by molar-refractivity contribution is -0.132. The summed E-state index contributed by atoms with van der Waals surface area (Å²) >= 11 is 1.49. The first kappa shape index (κ1) is 26.5. The Balaban J connectivity index is 1.78. The number of amides is 2. The maximum absolute atomic E-state index is 13.2. The number of rotatable bonds is 9. The van der Waals surface area contributed by atoms with Gasteiger partial charge in [0.15, 0.2) is 0 Å². The molecule has 2 aromatic carbocycles. The van der Waals surface area contributed by atoms with Gasteiger partial charge in [0.05, 0.1) is 23.7 Å². The standard InChI is InChI=1S/C28H36N4O2S/c1-20(2)17-31(27(34)19-35-22-13-8-7-9-14-22)18-26(33)29-25-16-24(28(4,5)6)30-32(25)23-15-11-10-12-21(23)3/h7-16,20H,17-19H2,1-6H3,(H,29,33). The number of benzene rings is 2. The van der Waals surface area contributed by atoms with Crippen molar-refractivity contribution < 1.29 is 9.59 Å². The van der Waals surface area contributed by atoms with Crippen molar-refractivity contribution in [3.05, 3.63) is 71.9 Å². The van der Waals surface area contributed by atoms with E-state index in [0.29, 0.717) is 18.1 Å². The largest absolute Gasteiger partial charge is 0.332 e. The summed E-state index contributed by atoms with van der Waals surface area (Å²) in [6.07, 6.45) is 0. The Labute approximate surface area is 213 Å². The highest BCUT2D eigenvalue weighted by molar-refractivity contribution is 8.00. The van der Waals surface area contributed by atoms with Crippen LogP contribution in [0.5, 0.6) is 0 Å². The van der Waals surface area contributed by atoms with Crippen LogP contribution >= 0.6 is 11.8 Å². The minimum absolute atomic E-state index is 0.00380. The topological polar surface area (TPSA) is 67.2 Å². The predicted octanol–water partition coefficient (Wildman–Crippen LogP) is 5.69. The molecule has 0 bridgehead atoms. The number of hydrogen-bond donors (Lipinski definition) is 1. The van der Waals surface area contributed by atoms with E-state index in [-0.39, 0.29) is 29.7 Å². The normalized spacial score (nSPS) is 11.5. The third-order valence-corrected chi connectivity index (χ3v) is 6.46. The molecule has 0 atom stereocenters. The van der Waals surface area contributed by atoms with E-state index in [9.17, 15) is 9.59 Å². The van der Waals surface area contributed by atoms with Gasteiger partial charge in [0.25, 0.3) is 0 Å². The molecule has 0 saturated carbocycles. The van der Waals surface area contributed by atoms with Crippen LogP contribution < -0.4 is 5.32 Å². The van der Waals surface area contributed by atoms with Crippen LogP contribution in [0, 0.1) is 12.8 Å². The number of hydrogen-bond acceptors (Lipinski definition) is 4. The molecule has 1 N–H and O–H groups in total. The lowest BCUT2D eigenvalue weighted by atomic mass is 9.92. The first-order valence-corrected chi connectivity index (χ1v) is 12.9. The first-order chi connectivity index (χ1) is 16.5. The van der Waals surface area contributed by atoms with Gasteiger partial charge in [0, 0.05) is 22.9 Å². The smallest absolute Gasteiger partial charge is 0.245 e. The van der Waals surface area contributed by atoms with Gasteiger partial charge in [-0.3, -0.25) is 9.59 Å². The number of para-hydroxylation sites is 1. The fourth-order valence-electron chi connectivity index (χ4n) is 3.63. The first-order valence-electron chi connectivity index (χ1n) is 12.0. The second-order valence-corrected chi connectivity index (χ2v) is 11.2. The van der Waals surface area contributed by atoms with Gasteiger partial charge in [-0.05, 0) is 36.6 Å². The van der Waals surface area contributed by atoms with Gasteiger partial charge in [0.1, 0.15) is 5.82 Å². The lowest BCUT2D eigenvalue weighted by Crippen LogP contribution is -2.41. The van der Waals surface area contributed by atoms with Crippen LogP contribution in [-0.2, 0) is 15.0 Å². The van der Waals surface area contributed by atoms with E-state index >= 15 is 0 Å². The Kier molecular flexibility index (Phi) is 8.78. The predicted molar refractivity (Wildman–Crippen MR) is 144 cm³/mol. The van der Waals surface area contributed by atoms with E-state index in [2.05, 4.69) is 26.1 Å². The zero-order valence-electron chi connectivity index (χ0n) is 21.5. The van der Waals surface area contributed by atoms with Gasteiger partial charge < -0.3 is 10.2 Å². The Morgan fingerprint density at radius 3 is 2.34 bits per heavy atom. The van der Waals surface area contributed by atoms with Gasteiger partial charge in [0.2, 0.25) is 11.8 Å². The Bertz CT molecular complexity index is 1150. The number of aryl methyl sites for hydroxylation is 1. The molecule has 7 heteroatoms. The number of carbonyl (C=O) groups excluding carboxylic acids is 2. The molecule has 3 aromatic rings. The Morgan fingerprint density at radius 2 is 1.71 bits per heavy atom. The quantitative estimate of drug-likeness (QED) is 0.390. The Morgan fingerprint density at radius 1 is 1.06 bits per heavy atom. The van der Waals surface area contributed by atoms with Crippen molar-refractivity contribution in [2.45, 2.75) is 51.9 Å². The molecular weight excluding hydrogens is 456 g/mol. The van der Waals surface area contributed by atoms with E-state index in [1.165, 1.54) is 11.8 Å². The highest BCUT2D eigenvalue weighted by Crippen LogP contribution is 2.27. The molecule has 2 amide bonds. The van der Waals surface area contributed by atoms with Crippen LogP contribution in [0.4, 0.5) is 5.82 Å². The van der Waals surface area contributed by atoms with Crippen molar-refractivity contribution in [1.82, 2.24) is 14.7 Å². The van der Waals surface area contributed by atoms with Crippen LogP contribution in [0.3, 0.4) is 0 Å². The Hall–Kier alpha value is -3.06. The van der Waals surface area contributed by atoms with Gasteiger partial charge in [-0.25, -0.2) is 4.68 Å². The van der Waals surface area contributed by atoms with Crippen molar-refractivity contribution in [2.75, 3.05) is 24.2 Å². The van der Waals surface area contributed by atoms with E-state index < -0.39 is 0 Å². The molecule has 35 heavy (non-hydrogen) atoms. The molecule has 0 spiro atoms. The number of aromatic nitrogens is 2. The van der Waals surface area contributed by atoms with Crippen molar-refractivity contribution in [3.8, 4) is 5.69 Å². The number of nitrogens with one attached hydrogen (secondary N) is 1. The van der Waals surface area contributed by atoms with E-state index in [4.69, 9.17) is 5.10 Å². The molecule has 0 fully saturated rings. The zero-order chi connectivity index (χ0) is 25.6. The highest BCUT2D eigenvalue weighted by atomic mass is 32.2. The summed E-state index contributed by atoms with van der Waals surface area (Å²) in [5.74, 6) is 0.854. The SMILES string of the molecule is Cc1ccccc1-n1nc(C(C)(C)C)cc1NC(=O)CN(CC(C)C)C(=O)CSc1ccccc1. The van der Waals surface area contributed by atoms with Crippen molar-refractivity contribution in [2.24, 2.45) is 5.92 Å². The molecule has 0 aliphatic heterocycles. The third-order valence-electron chi connectivity index (χ3n) is 5.47. The molecular formula is C28H36N4O2S. The molecule has 6 nitrogen and oxygen atoms in total. The minimum Gasteiger partial charge on any atom is -0.332 e. The van der Waals surface area contributed by atoms with Crippen LogP contribution in [0.1, 0.15) is 45.9 Å². The molecule has 3 rings (SSSR count). The second kappa shape index (κ2) is 11.6. The summed E-state index contributed by atoms with van der Waals surface area (Å²) < 4.78 is 1.79. The average molecular weight is 493 g/mol. The van der Waals surface area contributed by atoms with Crippen LogP contribution in [0.25, 0.3) is 5.69 Å². The molecule has 1 heterocycles. The van der Waals surface area contributed by atoms with Crippen molar-refractivity contribution >= 4 is 29.4 Å². The molecule has 186 valence electrons. The summed E-state index contributed by atoms with van der Waals surface area (Å²) in [7, 11) is 0. The maximum atomic E-state index is 13.2. The number of carbonyl (C=O) groups is 2. The molecule has 0 saturated heterocycles. The summed E-state index contributed by atoms with van der Waals surface area (Å²) in [5, 5.41) is 7.83. The van der Waals surface area contributed by atoms with Gasteiger partial charge >= 0.3 is 0 Å². The second-order valence-electron chi connectivity index (χ2n) is 10.2. The van der Waals surface area contributed by atoms with Gasteiger partial charge in [-0.2, -0.15) is 5.10 Å².